The van der Waals surface area contributed by atoms with Gasteiger partial charge in [0.05, 0.1) is 17.5 Å². The number of benzene rings is 1. The molecule has 11 aromatic rings. The van der Waals surface area contributed by atoms with E-state index in [2.05, 4.69) is 218 Å². The first-order chi connectivity index (χ1) is 41.0. The minimum atomic E-state index is 0. The van der Waals surface area contributed by atoms with Crippen molar-refractivity contribution in [3.05, 3.63) is 222 Å². The second-order valence-corrected chi connectivity index (χ2v) is 23.5. The van der Waals surface area contributed by atoms with Crippen molar-refractivity contribution in [3.63, 3.8) is 0 Å². The van der Waals surface area contributed by atoms with E-state index < -0.39 is 0 Å². The minimum absolute atomic E-state index is 0. The van der Waals surface area contributed by atoms with E-state index in [9.17, 15) is 0 Å². The topological polar surface area (TPSA) is 119 Å². The first-order valence-corrected chi connectivity index (χ1v) is 29.8. The Morgan fingerprint density at radius 3 is 1.81 bits per heavy atom. The van der Waals surface area contributed by atoms with E-state index in [1.54, 1.807) is 12.4 Å². The molecule has 0 saturated heterocycles. The van der Waals surface area contributed by atoms with Gasteiger partial charge in [0.1, 0.15) is 5.82 Å². The van der Waals surface area contributed by atoms with Crippen LogP contribution >= 0.6 is 0 Å². The van der Waals surface area contributed by atoms with Crippen LogP contribution in [0.4, 0.5) is 11.6 Å². The Morgan fingerprint density at radius 2 is 1.20 bits per heavy atom. The average Bonchev–Trinajstić information content (AvgIpc) is 2.08. The molecule has 5 unspecified atom stereocenters. The fraction of sp³-hybridized carbons (Fsp3) is 0.347. The molecule has 2 radical (unpaired) electrons. The van der Waals surface area contributed by atoms with Crippen LogP contribution in [0.15, 0.2) is 146 Å². The molecule has 0 saturated carbocycles. The van der Waals surface area contributed by atoms with Gasteiger partial charge in [0.2, 0.25) is 0 Å². The van der Waals surface area contributed by atoms with Gasteiger partial charge < -0.3 is 33.4 Å². The zero-order valence-corrected chi connectivity index (χ0v) is 60.8. The first kappa shape index (κ1) is 75.0. The molecular weight excluding hydrogens is 1640 g/mol. The molecule has 474 valence electrons. The van der Waals surface area contributed by atoms with Gasteiger partial charge in [-0.3, -0.25) is 24.5 Å². The maximum Gasteiger partial charge on any atom is 0.353 e. The summed E-state index contributed by atoms with van der Waals surface area (Å²) < 4.78 is 7.55. The second-order valence-electron chi connectivity index (χ2n) is 23.5. The normalized spacial score (nSPS) is 12.5. The molecular formula is C72H79IrN13PdPtRh-4. The SMILES string of the molecule is CCC(C)C(C)c1c2ncccc2[c-]n1-c1ccccn1.CCC(C)c1ccc2c(c[c-]n2-c2ccccn2)n1.CCC(C)c1ccnc(-n2[c-]cc3cc(C(CC)C(C)C)ccc32)c1.[C-]#[N+]c1n[c-]n(-c2cc(CC(C)(C)C)ccn2)c1[N+]#[C-].[Ir].[Pd].[Pt].[Rh]. The van der Waals surface area contributed by atoms with Crippen LogP contribution in [-0.4, -0.2) is 53.2 Å². The van der Waals surface area contributed by atoms with E-state index in [-0.39, 0.29) is 98.1 Å². The van der Waals surface area contributed by atoms with E-state index in [0.717, 1.165) is 76.3 Å². The molecule has 10 aromatic heterocycles. The third kappa shape index (κ3) is 18.6. The van der Waals surface area contributed by atoms with Crippen molar-refractivity contribution in [2.75, 3.05) is 0 Å². The molecule has 13 nitrogen and oxygen atoms in total. The molecule has 17 heteroatoms. The predicted molar refractivity (Wildman–Crippen MR) is 344 cm³/mol. The fourth-order valence-electron chi connectivity index (χ4n) is 10.5. The molecule has 0 fully saturated rings. The van der Waals surface area contributed by atoms with Crippen LogP contribution in [-0.2, 0) is 87.5 Å². The molecule has 1 aromatic carbocycles. The van der Waals surface area contributed by atoms with Gasteiger partial charge >= 0.3 is 5.82 Å². The predicted octanol–water partition coefficient (Wildman–Crippen LogP) is 18.3. The molecule has 0 aliphatic rings. The summed E-state index contributed by atoms with van der Waals surface area (Å²) in [6.45, 7) is 43.2. The van der Waals surface area contributed by atoms with Gasteiger partial charge in [0.25, 0.3) is 12.1 Å². The van der Waals surface area contributed by atoms with Crippen molar-refractivity contribution in [2.45, 2.75) is 146 Å². The van der Waals surface area contributed by atoms with Crippen molar-refractivity contribution < 1.29 is 81.1 Å². The summed E-state index contributed by atoms with van der Waals surface area (Å²) in [6.07, 6.45) is 27.2. The number of aromatic nitrogens is 11. The maximum atomic E-state index is 7.17. The van der Waals surface area contributed by atoms with Crippen LogP contribution in [0.3, 0.4) is 0 Å². The summed E-state index contributed by atoms with van der Waals surface area (Å²) >= 11 is 0. The Balaban J connectivity index is 0.000000251. The Labute approximate surface area is 582 Å². The number of imidazole rings is 1. The molecule has 5 atom stereocenters. The van der Waals surface area contributed by atoms with Crippen LogP contribution in [0.25, 0.3) is 65.8 Å². The molecule has 0 amide bonds. The number of hydrogen-bond acceptors (Lipinski definition) is 7. The number of fused-ring (bicyclic) bond motifs is 3. The number of pyridine rings is 6. The van der Waals surface area contributed by atoms with Gasteiger partial charge in [0, 0.05) is 118 Å². The third-order valence-corrected chi connectivity index (χ3v) is 16.0. The summed E-state index contributed by atoms with van der Waals surface area (Å²) in [5.41, 5.74) is 10.6. The summed E-state index contributed by atoms with van der Waals surface area (Å²) in [5, 5.41) is 2.29. The van der Waals surface area contributed by atoms with Gasteiger partial charge in [-0.1, -0.05) is 204 Å². The van der Waals surface area contributed by atoms with Gasteiger partial charge in [0.15, 0.2) is 0 Å². The fourth-order valence-corrected chi connectivity index (χ4v) is 10.5. The number of nitrogens with zero attached hydrogens (tertiary/aromatic N) is 13. The Hall–Kier alpha value is -6.45. The van der Waals surface area contributed by atoms with Gasteiger partial charge in [-0.25, -0.2) is 0 Å². The summed E-state index contributed by atoms with van der Waals surface area (Å²) in [5.74, 6) is 6.80. The molecule has 0 aliphatic heterocycles. The van der Waals surface area contributed by atoms with Crippen LogP contribution in [0.2, 0.25) is 0 Å². The molecule has 0 aliphatic carbocycles. The number of hydrogen-bond donors (Lipinski definition) is 0. The molecule has 11 rings (SSSR count). The first-order valence-electron chi connectivity index (χ1n) is 29.8. The third-order valence-electron chi connectivity index (χ3n) is 16.0. The molecule has 0 bridgehead atoms. The summed E-state index contributed by atoms with van der Waals surface area (Å²) in [4.78, 5) is 37.3. The zero-order chi connectivity index (χ0) is 60.8. The summed E-state index contributed by atoms with van der Waals surface area (Å²) in [6, 6.07) is 39.1. The van der Waals surface area contributed by atoms with E-state index in [1.165, 1.54) is 38.7 Å². The van der Waals surface area contributed by atoms with E-state index in [1.807, 2.05) is 83.8 Å². The van der Waals surface area contributed by atoms with E-state index in [4.69, 9.17) is 18.1 Å². The quantitative estimate of drug-likeness (QED) is 0.0741. The molecule has 10 heterocycles. The van der Waals surface area contributed by atoms with Crippen molar-refractivity contribution in [1.82, 2.24) is 53.2 Å². The van der Waals surface area contributed by atoms with E-state index >= 15 is 0 Å². The van der Waals surface area contributed by atoms with Gasteiger partial charge in [-0.2, -0.15) is 0 Å². The van der Waals surface area contributed by atoms with Crippen LogP contribution in [0.5, 0.6) is 0 Å². The molecule has 0 spiro atoms. The number of rotatable bonds is 15. The van der Waals surface area contributed by atoms with Crippen molar-refractivity contribution in [1.29, 1.82) is 0 Å². The van der Waals surface area contributed by atoms with E-state index in [0.29, 0.717) is 41.3 Å². The monoisotopic (exact) mass is 1720 g/mol. The minimum Gasteiger partial charge on any atom is -0.429 e. The van der Waals surface area contributed by atoms with Gasteiger partial charge in [-0.05, 0) is 137 Å². The standard InChI is InChI=1S/C23H29N2.C18H20N3.C16H16N3.C15H14N5.Ir.Pd.Pt.Rh/c1-6-17(5)18-10-12-24-23(15-18)25-13-11-20-14-19(8-9-22(20)25)21(7-2)16(3)4;1-4-13(2)14(3)18-17-15(8-7-11-20-17)12-21(18)16-9-5-6-10-19-16;1-3-12(2)13-7-8-15-14(18-13)9-11-19(15)16-6-4-5-10-17-16;1-15(2,3)9-11-6-7-18-12(8-11)20-10-19-13(16-4)14(20)17-5;;;;/h8-12,14-17,21H,6-7H2,1-5H3;5-11,13-14H,4H2,1-3H3;4-10,12H,3H2,1-2H3;6-8H,9H2,1-3H3;;;;/q4*-1;;;;. The van der Waals surface area contributed by atoms with Crippen molar-refractivity contribution in [3.8, 4) is 23.3 Å². The largest absolute Gasteiger partial charge is 0.429 e. The van der Waals surface area contributed by atoms with Crippen LogP contribution in [0.1, 0.15) is 167 Å². The average molecular weight is 1720 g/mol. The Morgan fingerprint density at radius 1 is 0.584 bits per heavy atom. The molecule has 89 heavy (non-hydrogen) atoms. The van der Waals surface area contributed by atoms with Crippen LogP contribution in [0, 0.1) is 55.3 Å². The van der Waals surface area contributed by atoms with Crippen LogP contribution < -0.4 is 0 Å². The zero-order valence-electron chi connectivity index (χ0n) is 53.0. The van der Waals surface area contributed by atoms with Crippen molar-refractivity contribution >= 4 is 44.5 Å². The summed E-state index contributed by atoms with van der Waals surface area (Å²) in [7, 11) is 0. The smallest absolute Gasteiger partial charge is 0.353 e. The van der Waals surface area contributed by atoms with Gasteiger partial charge in [-0.15, -0.1) is 29.7 Å². The Bertz CT molecular complexity index is 4040. The second kappa shape index (κ2) is 35.2. The Kier molecular flexibility index (Phi) is 29.7. The molecule has 0 N–H and O–H groups in total. The van der Waals surface area contributed by atoms with Crippen molar-refractivity contribution in [2.24, 2.45) is 17.3 Å². The maximum absolute atomic E-state index is 7.17.